The Morgan fingerprint density at radius 2 is 1.81 bits per heavy atom. The van der Waals surface area contributed by atoms with Gasteiger partial charge in [-0.15, -0.1) is 0 Å². The molecule has 140 valence electrons. The molecule has 0 spiro atoms. The van der Waals surface area contributed by atoms with Crippen LogP contribution >= 0.6 is 11.8 Å². The number of amides is 2. The SMILES string of the molecule is COc1cccc(/C=C2\SC(=O)N(Cc3ccccc3)C2=O)c1OC(C)C. The molecule has 6 heteroatoms. The fourth-order valence-corrected chi connectivity index (χ4v) is 3.54. The van der Waals surface area contributed by atoms with Gasteiger partial charge in [0.15, 0.2) is 11.5 Å². The van der Waals surface area contributed by atoms with Crippen LogP contribution in [0.25, 0.3) is 6.08 Å². The molecule has 0 N–H and O–H groups in total. The van der Waals surface area contributed by atoms with Crippen molar-refractivity contribution in [2.75, 3.05) is 7.11 Å². The smallest absolute Gasteiger partial charge is 0.293 e. The normalized spacial score (nSPS) is 15.7. The summed E-state index contributed by atoms with van der Waals surface area (Å²) in [7, 11) is 1.57. The molecule has 0 radical (unpaired) electrons. The molecule has 0 aliphatic carbocycles. The molecule has 0 bridgehead atoms. The Bertz CT molecular complexity index is 877. The van der Waals surface area contributed by atoms with Gasteiger partial charge < -0.3 is 9.47 Å². The number of benzene rings is 2. The third-order valence-electron chi connectivity index (χ3n) is 3.93. The number of ether oxygens (including phenoxy) is 2. The maximum Gasteiger partial charge on any atom is 0.293 e. The molecule has 27 heavy (non-hydrogen) atoms. The number of methoxy groups -OCH3 is 1. The number of nitrogens with zero attached hydrogens (tertiary/aromatic N) is 1. The van der Waals surface area contributed by atoms with E-state index in [1.54, 1.807) is 19.3 Å². The maximum absolute atomic E-state index is 12.8. The molecule has 0 unspecified atom stereocenters. The van der Waals surface area contributed by atoms with Gasteiger partial charge in [-0.25, -0.2) is 0 Å². The summed E-state index contributed by atoms with van der Waals surface area (Å²) in [5.74, 6) is 0.845. The molecular weight excluding hydrogens is 362 g/mol. The molecule has 0 saturated carbocycles. The van der Waals surface area contributed by atoms with E-state index < -0.39 is 0 Å². The Labute approximate surface area is 163 Å². The van der Waals surface area contributed by atoms with E-state index in [1.807, 2.05) is 56.3 Å². The molecule has 2 aromatic carbocycles. The zero-order valence-electron chi connectivity index (χ0n) is 15.5. The summed E-state index contributed by atoms with van der Waals surface area (Å²) in [6.45, 7) is 4.10. The largest absolute Gasteiger partial charge is 0.493 e. The Hall–Kier alpha value is -2.73. The molecule has 1 aliphatic heterocycles. The first-order valence-electron chi connectivity index (χ1n) is 8.62. The van der Waals surface area contributed by atoms with Crippen LogP contribution in [0.1, 0.15) is 25.0 Å². The highest BCUT2D eigenvalue weighted by Crippen LogP contribution is 2.38. The Morgan fingerprint density at radius 1 is 1.07 bits per heavy atom. The van der Waals surface area contributed by atoms with Gasteiger partial charge in [0.05, 0.1) is 24.7 Å². The summed E-state index contributed by atoms with van der Waals surface area (Å²) in [4.78, 5) is 26.7. The summed E-state index contributed by atoms with van der Waals surface area (Å²) >= 11 is 0.939. The van der Waals surface area contributed by atoms with Gasteiger partial charge in [-0.2, -0.15) is 0 Å². The number of thioether (sulfide) groups is 1. The fraction of sp³-hybridized carbons (Fsp3) is 0.238. The minimum absolute atomic E-state index is 0.0541. The van der Waals surface area contributed by atoms with Crippen LogP contribution < -0.4 is 9.47 Å². The van der Waals surface area contributed by atoms with Crippen molar-refractivity contribution >= 4 is 29.0 Å². The van der Waals surface area contributed by atoms with Gasteiger partial charge in [-0.05, 0) is 43.3 Å². The molecule has 2 aromatic rings. The molecule has 0 aromatic heterocycles. The molecule has 3 rings (SSSR count). The van der Waals surface area contributed by atoms with Crippen molar-refractivity contribution in [3.8, 4) is 11.5 Å². The van der Waals surface area contributed by atoms with Crippen molar-refractivity contribution < 1.29 is 19.1 Å². The minimum Gasteiger partial charge on any atom is -0.493 e. The standard InChI is InChI=1S/C21H21NO4S/c1-14(2)26-19-16(10-7-11-17(19)25-3)12-18-20(23)22(21(24)27-18)13-15-8-5-4-6-9-15/h4-12,14H,13H2,1-3H3/b18-12-. The van der Waals surface area contributed by atoms with Crippen LogP contribution in [0.4, 0.5) is 4.79 Å². The Morgan fingerprint density at radius 3 is 2.48 bits per heavy atom. The summed E-state index contributed by atoms with van der Waals surface area (Å²) in [6, 6.07) is 14.9. The van der Waals surface area contributed by atoms with E-state index in [0.29, 0.717) is 22.0 Å². The first-order valence-corrected chi connectivity index (χ1v) is 9.44. The van der Waals surface area contributed by atoms with E-state index in [0.717, 1.165) is 17.3 Å². The zero-order chi connectivity index (χ0) is 19.4. The minimum atomic E-state index is -0.299. The lowest BCUT2D eigenvalue weighted by Gasteiger charge is -2.16. The Kier molecular flexibility index (Phi) is 5.86. The number of para-hydroxylation sites is 1. The highest BCUT2D eigenvalue weighted by Gasteiger charge is 2.35. The maximum atomic E-state index is 12.8. The predicted molar refractivity (Wildman–Crippen MR) is 107 cm³/mol. The lowest BCUT2D eigenvalue weighted by molar-refractivity contribution is -0.123. The van der Waals surface area contributed by atoms with Crippen molar-refractivity contribution in [3.63, 3.8) is 0 Å². The van der Waals surface area contributed by atoms with Gasteiger partial charge in [0.1, 0.15) is 0 Å². The fourth-order valence-electron chi connectivity index (χ4n) is 2.71. The van der Waals surface area contributed by atoms with Crippen LogP contribution in [0.2, 0.25) is 0 Å². The third kappa shape index (κ3) is 4.34. The number of hydrogen-bond donors (Lipinski definition) is 0. The van der Waals surface area contributed by atoms with E-state index in [2.05, 4.69) is 0 Å². The average molecular weight is 383 g/mol. The van der Waals surface area contributed by atoms with Crippen molar-refractivity contribution in [3.05, 3.63) is 64.6 Å². The molecule has 1 fully saturated rings. The number of carbonyl (C=O) groups excluding carboxylic acids is 2. The quantitative estimate of drug-likeness (QED) is 0.676. The van der Waals surface area contributed by atoms with E-state index in [4.69, 9.17) is 9.47 Å². The van der Waals surface area contributed by atoms with Gasteiger partial charge in [0.25, 0.3) is 11.1 Å². The van der Waals surface area contributed by atoms with E-state index in [9.17, 15) is 9.59 Å². The van der Waals surface area contributed by atoms with E-state index in [1.165, 1.54) is 4.90 Å². The highest BCUT2D eigenvalue weighted by molar-refractivity contribution is 8.18. The second kappa shape index (κ2) is 8.31. The molecular formula is C21H21NO4S. The lowest BCUT2D eigenvalue weighted by Crippen LogP contribution is -2.27. The van der Waals surface area contributed by atoms with E-state index in [-0.39, 0.29) is 23.8 Å². The van der Waals surface area contributed by atoms with Gasteiger partial charge in [-0.1, -0.05) is 42.5 Å². The summed E-state index contributed by atoms with van der Waals surface area (Å²) in [5.41, 5.74) is 1.61. The van der Waals surface area contributed by atoms with Crippen LogP contribution in [0, 0.1) is 0 Å². The molecule has 2 amide bonds. The van der Waals surface area contributed by atoms with Crippen molar-refractivity contribution in [2.24, 2.45) is 0 Å². The monoisotopic (exact) mass is 383 g/mol. The Balaban J connectivity index is 1.90. The summed E-state index contributed by atoms with van der Waals surface area (Å²) in [5, 5.41) is -0.274. The second-order valence-electron chi connectivity index (χ2n) is 6.30. The number of imide groups is 1. The molecule has 1 heterocycles. The van der Waals surface area contributed by atoms with Gasteiger partial charge in [0.2, 0.25) is 0 Å². The zero-order valence-corrected chi connectivity index (χ0v) is 16.3. The van der Waals surface area contributed by atoms with E-state index >= 15 is 0 Å². The van der Waals surface area contributed by atoms with Crippen LogP contribution in [0.3, 0.4) is 0 Å². The third-order valence-corrected chi connectivity index (χ3v) is 4.83. The topological polar surface area (TPSA) is 55.8 Å². The van der Waals surface area contributed by atoms with Crippen LogP contribution in [0.5, 0.6) is 11.5 Å². The van der Waals surface area contributed by atoms with Gasteiger partial charge in [0, 0.05) is 5.56 Å². The highest BCUT2D eigenvalue weighted by atomic mass is 32.2. The first kappa shape index (κ1) is 19.0. The second-order valence-corrected chi connectivity index (χ2v) is 7.29. The van der Waals surface area contributed by atoms with Crippen LogP contribution in [0.15, 0.2) is 53.4 Å². The number of carbonyl (C=O) groups is 2. The number of hydrogen-bond acceptors (Lipinski definition) is 5. The predicted octanol–water partition coefficient (Wildman–Crippen LogP) is 4.72. The summed E-state index contributed by atoms with van der Waals surface area (Å²) < 4.78 is 11.2. The molecule has 0 atom stereocenters. The lowest BCUT2D eigenvalue weighted by atomic mass is 10.1. The van der Waals surface area contributed by atoms with Crippen molar-refractivity contribution in [1.29, 1.82) is 0 Å². The average Bonchev–Trinajstić information content (AvgIpc) is 2.91. The molecule has 1 saturated heterocycles. The van der Waals surface area contributed by atoms with Gasteiger partial charge >= 0.3 is 0 Å². The molecule has 1 aliphatic rings. The van der Waals surface area contributed by atoms with Crippen LogP contribution in [-0.4, -0.2) is 29.3 Å². The number of rotatable bonds is 6. The van der Waals surface area contributed by atoms with Crippen molar-refractivity contribution in [2.45, 2.75) is 26.5 Å². The molecule has 5 nitrogen and oxygen atoms in total. The summed E-state index contributed by atoms with van der Waals surface area (Å²) in [6.07, 6.45) is 1.64. The first-order chi connectivity index (χ1) is 13.0. The van der Waals surface area contributed by atoms with Crippen molar-refractivity contribution in [1.82, 2.24) is 4.90 Å². The van der Waals surface area contributed by atoms with Crippen LogP contribution in [-0.2, 0) is 11.3 Å². The van der Waals surface area contributed by atoms with Gasteiger partial charge in [-0.3, -0.25) is 14.5 Å².